The van der Waals surface area contributed by atoms with Crippen LogP contribution in [0.3, 0.4) is 0 Å². The van der Waals surface area contributed by atoms with Gasteiger partial charge < -0.3 is 24.2 Å². The predicted molar refractivity (Wildman–Crippen MR) is 97.3 cm³/mol. The third kappa shape index (κ3) is 4.40. The fourth-order valence-corrected chi connectivity index (χ4v) is 2.53. The largest absolute Gasteiger partial charge is 0.494 e. The number of anilines is 1. The van der Waals surface area contributed by atoms with Gasteiger partial charge in [-0.25, -0.2) is 4.99 Å². The predicted octanol–water partition coefficient (Wildman–Crippen LogP) is 2.63. The number of ether oxygens (including phenoxy) is 2. The molecule has 0 saturated carbocycles. The van der Waals surface area contributed by atoms with E-state index >= 15 is 0 Å². The first-order chi connectivity index (χ1) is 12.7. The number of nitrogens with zero attached hydrogens (tertiary/aromatic N) is 3. The highest BCUT2D eigenvalue weighted by atomic mass is 16.5. The Morgan fingerprint density at radius 2 is 2.08 bits per heavy atom. The van der Waals surface area contributed by atoms with Gasteiger partial charge in [0.1, 0.15) is 11.3 Å². The zero-order valence-electron chi connectivity index (χ0n) is 14.9. The highest BCUT2D eigenvalue weighted by molar-refractivity contribution is 6.07. The Morgan fingerprint density at radius 1 is 1.35 bits per heavy atom. The molecule has 0 atom stereocenters. The van der Waals surface area contributed by atoms with Crippen LogP contribution in [0.15, 0.2) is 33.8 Å². The maximum Gasteiger partial charge on any atom is 0.264 e. The van der Waals surface area contributed by atoms with Crippen molar-refractivity contribution in [2.45, 2.75) is 13.8 Å². The number of hydrogen-bond donors (Lipinski definition) is 1. The SMILES string of the molecule is CCOc1ccc(NC(=O)c2c(C)noc2/N=C/N2CCOCC2)cc1. The topological polar surface area (TPSA) is 89.2 Å². The number of benzene rings is 1. The van der Waals surface area contributed by atoms with Gasteiger partial charge in [0.15, 0.2) is 0 Å². The molecule has 0 bridgehead atoms. The van der Waals surface area contributed by atoms with Gasteiger partial charge >= 0.3 is 0 Å². The molecule has 2 aromatic rings. The normalized spacial score (nSPS) is 14.6. The van der Waals surface area contributed by atoms with Gasteiger partial charge in [0.05, 0.1) is 31.9 Å². The number of aromatic nitrogens is 1. The van der Waals surface area contributed by atoms with E-state index in [0.29, 0.717) is 36.8 Å². The summed E-state index contributed by atoms with van der Waals surface area (Å²) in [6.45, 7) is 7.05. The summed E-state index contributed by atoms with van der Waals surface area (Å²) in [4.78, 5) is 18.9. The average molecular weight is 358 g/mol. The maximum absolute atomic E-state index is 12.6. The Kier molecular flexibility index (Phi) is 5.85. The van der Waals surface area contributed by atoms with Crippen molar-refractivity contribution in [3.8, 4) is 5.75 Å². The average Bonchev–Trinajstić information content (AvgIpc) is 3.03. The number of carbonyl (C=O) groups excluding carboxylic acids is 1. The van der Waals surface area contributed by atoms with Crippen molar-refractivity contribution in [3.05, 3.63) is 35.5 Å². The summed E-state index contributed by atoms with van der Waals surface area (Å²) in [5, 5.41) is 6.70. The molecule has 8 nitrogen and oxygen atoms in total. The molecule has 0 radical (unpaired) electrons. The zero-order chi connectivity index (χ0) is 18.4. The van der Waals surface area contributed by atoms with E-state index in [4.69, 9.17) is 14.0 Å². The molecule has 1 amide bonds. The second kappa shape index (κ2) is 8.48. The molecular weight excluding hydrogens is 336 g/mol. The first-order valence-electron chi connectivity index (χ1n) is 8.54. The van der Waals surface area contributed by atoms with E-state index < -0.39 is 0 Å². The van der Waals surface area contributed by atoms with E-state index in [0.717, 1.165) is 18.8 Å². The van der Waals surface area contributed by atoms with Crippen LogP contribution in [-0.2, 0) is 4.74 Å². The van der Waals surface area contributed by atoms with Crippen LogP contribution < -0.4 is 10.1 Å². The minimum Gasteiger partial charge on any atom is -0.494 e. The van der Waals surface area contributed by atoms with Gasteiger partial charge in [0.25, 0.3) is 11.8 Å². The van der Waals surface area contributed by atoms with Gasteiger partial charge in [0.2, 0.25) is 0 Å². The lowest BCUT2D eigenvalue weighted by Crippen LogP contribution is -2.35. The summed E-state index contributed by atoms with van der Waals surface area (Å²) in [6.07, 6.45) is 1.66. The molecule has 1 aromatic carbocycles. The van der Waals surface area contributed by atoms with Crippen LogP contribution in [0.5, 0.6) is 5.75 Å². The van der Waals surface area contributed by atoms with Crippen LogP contribution in [0.4, 0.5) is 11.6 Å². The third-order valence-corrected chi connectivity index (χ3v) is 3.88. The van der Waals surface area contributed by atoms with Gasteiger partial charge in [-0.05, 0) is 38.1 Å². The van der Waals surface area contributed by atoms with Crippen LogP contribution in [0.25, 0.3) is 0 Å². The molecule has 3 rings (SSSR count). The monoisotopic (exact) mass is 358 g/mol. The Balaban J connectivity index is 1.70. The molecule has 0 aliphatic carbocycles. The van der Waals surface area contributed by atoms with Crippen molar-refractivity contribution in [1.82, 2.24) is 10.1 Å². The number of morpholine rings is 1. The highest BCUT2D eigenvalue weighted by Crippen LogP contribution is 2.24. The molecule has 1 N–H and O–H groups in total. The molecule has 8 heteroatoms. The van der Waals surface area contributed by atoms with E-state index in [1.165, 1.54) is 0 Å². The van der Waals surface area contributed by atoms with E-state index in [2.05, 4.69) is 15.5 Å². The fraction of sp³-hybridized carbons (Fsp3) is 0.389. The van der Waals surface area contributed by atoms with Crippen molar-refractivity contribution < 1.29 is 18.8 Å². The van der Waals surface area contributed by atoms with Gasteiger partial charge in [-0.3, -0.25) is 4.79 Å². The molecule has 1 fully saturated rings. The van der Waals surface area contributed by atoms with Crippen molar-refractivity contribution in [2.24, 2.45) is 4.99 Å². The smallest absolute Gasteiger partial charge is 0.264 e. The molecule has 2 heterocycles. The lowest BCUT2D eigenvalue weighted by atomic mass is 10.2. The summed E-state index contributed by atoms with van der Waals surface area (Å²) < 4.78 is 15.9. The number of hydrogen-bond acceptors (Lipinski definition) is 6. The van der Waals surface area contributed by atoms with Gasteiger partial charge in [0, 0.05) is 18.8 Å². The van der Waals surface area contributed by atoms with Crippen molar-refractivity contribution in [2.75, 3.05) is 38.2 Å². The Bertz CT molecular complexity index is 764. The minimum absolute atomic E-state index is 0.192. The highest BCUT2D eigenvalue weighted by Gasteiger charge is 2.20. The van der Waals surface area contributed by atoms with E-state index in [9.17, 15) is 4.79 Å². The molecule has 138 valence electrons. The molecule has 1 aliphatic rings. The molecule has 1 saturated heterocycles. The molecule has 26 heavy (non-hydrogen) atoms. The van der Waals surface area contributed by atoms with E-state index in [-0.39, 0.29) is 11.8 Å². The Morgan fingerprint density at radius 3 is 2.77 bits per heavy atom. The molecule has 1 aromatic heterocycles. The van der Waals surface area contributed by atoms with Crippen LogP contribution >= 0.6 is 0 Å². The summed E-state index contributed by atoms with van der Waals surface area (Å²) >= 11 is 0. The number of nitrogens with one attached hydrogen (secondary N) is 1. The third-order valence-electron chi connectivity index (χ3n) is 3.88. The second-order valence-corrected chi connectivity index (χ2v) is 5.75. The summed E-state index contributed by atoms with van der Waals surface area (Å²) in [6, 6.07) is 7.17. The molecular formula is C18H22N4O4. The van der Waals surface area contributed by atoms with Gasteiger partial charge in [-0.15, -0.1) is 0 Å². The summed E-state index contributed by atoms with van der Waals surface area (Å²) in [7, 11) is 0. The molecule has 0 spiro atoms. The first-order valence-corrected chi connectivity index (χ1v) is 8.54. The fourth-order valence-electron chi connectivity index (χ4n) is 2.53. The standard InChI is InChI=1S/C18H22N4O4/c1-3-25-15-6-4-14(5-7-15)20-17(23)16-13(2)21-26-18(16)19-12-22-8-10-24-11-9-22/h4-7,12H,3,8-11H2,1-2H3,(H,20,23)/b19-12+. The Hall–Kier alpha value is -2.87. The van der Waals surface area contributed by atoms with Gasteiger partial charge in [-0.2, -0.15) is 0 Å². The lowest BCUT2D eigenvalue weighted by Gasteiger charge is -2.23. The van der Waals surface area contributed by atoms with E-state index in [1.54, 1.807) is 37.5 Å². The summed E-state index contributed by atoms with van der Waals surface area (Å²) in [5.41, 5.74) is 1.47. The molecule has 0 unspecified atom stereocenters. The Labute approximate surface area is 151 Å². The minimum atomic E-state index is -0.318. The second-order valence-electron chi connectivity index (χ2n) is 5.75. The number of carbonyl (C=O) groups is 1. The van der Waals surface area contributed by atoms with Crippen LogP contribution in [0.2, 0.25) is 0 Å². The van der Waals surface area contributed by atoms with Crippen LogP contribution in [-0.4, -0.2) is 55.2 Å². The van der Waals surface area contributed by atoms with Crippen LogP contribution in [0.1, 0.15) is 23.0 Å². The number of rotatable bonds is 6. The van der Waals surface area contributed by atoms with Crippen molar-refractivity contribution in [3.63, 3.8) is 0 Å². The number of aliphatic imine (C=N–C) groups is 1. The van der Waals surface area contributed by atoms with E-state index in [1.807, 2.05) is 11.8 Å². The maximum atomic E-state index is 12.6. The van der Waals surface area contributed by atoms with Gasteiger partial charge in [-0.1, -0.05) is 5.16 Å². The zero-order valence-corrected chi connectivity index (χ0v) is 14.9. The van der Waals surface area contributed by atoms with Crippen molar-refractivity contribution >= 4 is 23.8 Å². The first kappa shape index (κ1) is 17.9. The van der Waals surface area contributed by atoms with Crippen LogP contribution in [0, 0.1) is 6.92 Å². The van der Waals surface area contributed by atoms with Crippen molar-refractivity contribution in [1.29, 1.82) is 0 Å². The number of aryl methyl sites for hydroxylation is 1. The quantitative estimate of drug-likeness (QED) is 0.631. The lowest BCUT2D eigenvalue weighted by molar-refractivity contribution is 0.0700. The molecule has 1 aliphatic heterocycles. The summed E-state index contributed by atoms with van der Waals surface area (Å²) in [5.74, 6) is 0.627. The number of amides is 1.